The van der Waals surface area contributed by atoms with Crippen LogP contribution < -0.4 is 10.2 Å². The van der Waals surface area contributed by atoms with Gasteiger partial charge in [-0.1, -0.05) is 0 Å². The molecule has 1 saturated heterocycles. The molecule has 0 aliphatic carbocycles. The zero-order chi connectivity index (χ0) is 20.5. The molecule has 0 radical (unpaired) electrons. The first kappa shape index (κ1) is 19.6. The minimum Gasteiger partial charge on any atom is -0.366 e. The third-order valence-corrected chi connectivity index (χ3v) is 4.66. The van der Waals surface area contributed by atoms with Gasteiger partial charge in [0.05, 0.1) is 10.5 Å². The number of alkyl halides is 3. The predicted molar refractivity (Wildman–Crippen MR) is 95.0 cm³/mol. The molecule has 2 aromatic rings. The van der Waals surface area contributed by atoms with E-state index >= 15 is 0 Å². The smallest absolute Gasteiger partial charge is 0.366 e. The molecule has 0 atom stereocenters. The molecule has 1 aromatic heterocycles. The van der Waals surface area contributed by atoms with E-state index in [1.165, 1.54) is 0 Å². The average molecular weight is 397 g/mol. The Morgan fingerprint density at radius 2 is 2.00 bits per heavy atom. The van der Waals surface area contributed by atoms with Crippen molar-refractivity contribution in [3.8, 4) is 0 Å². The number of rotatable bonds is 4. The average Bonchev–Trinajstić information content (AvgIpc) is 3.05. The number of hydrogen-bond donors (Lipinski definition) is 2. The largest absolute Gasteiger partial charge is 0.416 e. The van der Waals surface area contributed by atoms with Gasteiger partial charge in [0, 0.05) is 36.8 Å². The highest BCUT2D eigenvalue weighted by Gasteiger charge is 2.35. The van der Waals surface area contributed by atoms with Crippen molar-refractivity contribution in [3.05, 3.63) is 45.6 Å². The van der Waals surface area contributed by atoms with Crippen molar-refractivity contribution in [1.29, 1.82) is 0 Å². The van der Waals surface area contributed by atoms with Crippen LogP contribution in [0.2, 0.25) is 0 Å². The number of piperidine rings is 1. The summed E-state index contributed by atoms with van der Waals surface area (Å²) in [6, 6.07) is 4.20. The number of amides is 1. The molecule has 2 heterocycles. The molecule has 150 valence electrons. The van der Waals surface area contributed by atoms with Gasteiger partial charge in [0.25, 0.3) is 5.69 Å². The first-order valence-corrected chi connectivity index (χ1v) is 8.58. The van der Waals surface area contributed by atoms with Crippen molar-refractivity contribution in [2.75, 3.05) is 23.3 Å². The Morgan fingerprint density at radius 1 is 1.32 bits per heavy atom. The molecule has 1 amide bonds. The Kier molecular flexibility index (Phi) is 5.25. The number of nitrogens with zero attached hydrogens (tertiary/aromatic N) is 3. The number of aryl methyl sites for hydroxylation is 1. The van der Waals surface area contributed by atoms with Crippen LogP contribution in [-0.2, 0) is 11.0 Å². The number of carbonyl (C=O) groups is 1. The highest BCUT2D eigenvalue weighted by Crippen LogP contribution is 2.37. The number of halogens is 3. The molecule has 3 rings (SSSR count). The summed E-state index contributed by atoms with van der Waals surface area (Å²) in [5.41, 5.74) is -0.726. The standard InChI is InChI=1S/C17H18F3N5O3/c1-10-8-15(23-22-10)21-16(26)11-4-6-24(7-5-11)13-3-2-12(17(18,19)20)9-14(13)25(27)28/h2-3,8-9,11H,4-7H2,1H3,(H2,21,22,23,26). The lowest BCUT2D eigenvalue weighted by Crippen LogP contribution is -2.38. The highest BCUT2D eigenvalue weighted by atomic mass is 19.4. The molecular formula is C17H18F3N5O3. The summed E-state index contributed by atoms with van der Waals surface area (Å²) in [6.45, 7) is 2.45. The minimum absolute atomic E-state index is 0.125. The van der Waals surface area contributed by atoms with E-state index in [1.807, 2.05) is 0 Å². The zero-order valence-corrected chi connectivity index (χ0v) is 14.9. The highest BCUT2D eigenvalue weighted by molar-refractivity contribution is 5.91. The van der Waals surface area contributed by atoms with Crippen LogP contribution in [0.5, 0.6) is 0 Å². The molecule has 0 saturated carbocycles. The van der Waals surface area contributed by atoms with E-state index in [9.17, 15) is 28.1 Å². The lowest BCUT2D eigenvalue weighted by atomic mass is 9.95. The van der Waals surface area contributed by atoms with Crippen molar-refractivity contribution in [2.24, 2.45) is 5.92 Å². The lowest BCUT2D eigenvalue weighted by Gasteiger charge is -2.32. The summed E-state index contributed by atoms with van der Waals surface area (Å²) in [5.74, 6) is -0.0851. The van der Waals surface area contributed by atoms with Crippen molar-refractivity contribution in [3.63, 3.8) is 0 Å². The first-order chi connectivity index (χ1) is 13.1. The molecule has 8 nitrogen and oxygen atoms in total. The number of nitro groups is 1. The second-order valence-electron chi connectivity index (χ2n) is 6.65. The van der Waals surface area contributed by atoms with E-state index in [-0.39, 0.29) is 17.5 Å². The van der Waals surface area contributed by atoms with Crippen molar-refractivity contribution < 1.29 is 22.9 Å². The molecule has 0 unspecified atom stereocenters. The molecule has 28 heavy (non-hydrogen) atoms. The monoisotopic (exact) mass is 397 g/mol. The van der Waals surface area contributed by atoms with Gasteiger partial charge in [-0.2, -0.15) is 18.3 Å². The molecule has 0 spiro atoms. The molecule has 2 N–H and O–H groups in total. The maximum Gasteiger partial charge on any atom is 0.416 e. The second-order valence-corrected chi connectivity index (χ2v) is 6.65. The van der Waals surface area contributed by atoms with Gasteiger partial charge >= 0.3 is 6.18 Å². The van der Waals surface area contributed by atoms with Gasteiger partial charge < -0.3 is 10.2 Å². The summed E-state index contributed by atoms with van der Waals surface area (Å²) in [7, 11) is 0. The Bertz CT molecular complexity index is 888. The SMILES string of the molecule is Cc1cc(NC(=O)C2CCN(c3ccc(C(F)(F)F)cc3[N+](=O)[O-])CC2)n[nH]1. The number of aromatic amines is 1. The van der Waals surface area contributed by atoms with Crippen LogP contribution >= 0.6 is 0 Å². The fourth-order valence-electron chi connectivity index (χ4n) is 3.21. The maximum absolute atomic E-state index is 12.8. The molecule has 1 aliphatic rings. The molecule has 0 bridgehead atoms. The number of benzene rings is 1. The van der Waals surface area contributed by atoms with Gasteiger partial charge in [0.1, 0.15) is 5.69 Å². The topological polar surface area (TPSA) is 104 Å². The van der Waals surface area contributed by atoms with Gasteiger partial charge in [0.2, 0.25) is 5.91 Å². The van der Waals surface area contributed by atoms with Gasteiger partial charge in [-0.15, -0.1) is 0 Å². The van der Waals surface area contributed by atoms with Crippen molar-refractivity contribution in [2.45, 2.75) is 25.9 Å². The zero-order valence-electron chi connectivity index (χ0n) is 14.9. The predicted octanol–water partition coefficient (Wildman–Crippen LogP) is 3.50. The van der Waals surface area contributed by atoms with Crippen LogP contribution in [0.25, 0.3) is 0 Å². The van der Waals surface area contributed by atoms with E-state index in [1.54, 1.807) is 17.9 Å². The summed E-state index contributed by atoms with van der Waals surface area (Å²) >= 11 is 0. The Morgan fingerprint density at radius 3 is 2.54 bits per heavy atom. The van der Waals surface area contributed by atoms with Crippen molar-refractivity contribution in [1.82, 2.24) is 10.2 Å². The molecule has 1 aromatic carbocycles. The van der Waals surface area contributed by atoms with Crippen LogP contribution in [0.3, 0.4) is 0 Å². The van der Waals surface area contributed by atoms with E-state index in [0.29, 0.717) is 37.8 Å². The van der Waals surface area contributed by atoms with E-state index < -0.39 is 22.4 Å². The fraction of sp³-hybridized carbons (Fsp3) is 0.412. The number of nitro benzene ring substituents is 1. The minimum atomic E-state index is -4.65. The maximum atomic E-state index is 12.8. The van der Waals surface area contributed by atoms with Gasteiger partial charge in [-0.3, -0.25) is 20.0 Å². The van der Waals surface area contributed by atoms with Crippen molar-refractivity contribution >= 4 is 23.1 Å². The number of nitrogens with one attached hydrogen (secondary N) is 2. The summed E-state index contributed by atoms with van der Waals surface area (Å²) in [6.07, 6.45) is -3.81. The third kappa shape index (κ3) is 4.24. The first-order valence-electron chi connectivity index (χ1n) is 8.58. The molecule has 1 aliphatic heterocycles. The fourth-order valence-corrected chi connectivity index (χ4v) is 3.21. The van der Waals surface area contributed by atoms with Crippen LogP contribution in [0.4, 0.5) is 30.4 Å². The van der Waals surface area contributed by atoms with Gasteiger partial charge in [-0.05, 0) is 31.9 Å². The molecule has 11 heteroatoms. The third-order valence-electron chi connectivity index (χ3n) is 4.66. The summed E-state index contributed by atoms with van der Waals surface area (Å²) < 4.78 is 38.5. The number of H-pyrrole nitrogens is 1. The quantitative estimate of drug-likeness (QED) is 0.607. The molecular weight excluding hydrogens is 379 g/mol. The normalized spacial score (nSPS) is 15.5. The van der Waals surface area contributed by atoms with E-state index in [2.05, 4.69) is 15.5 Å². The number of anilines is 2. The molecule has 1 fully saturated rings. The Balaban J connectivity index is 1.69. The number of aromatic nitrogens is 2. The Hall–Kier alpha value is -3.11. The number of carbonyl (C=O) groups excluding carboxylic acids is 1. The Labute approximate surface area is 157 Å². The van der Waals surface area contributed by atoms with Crippen LogP contribution in [0.1, 0.15) is 24.1 Å². The van der Waals surface area contributed by atoms with Gasteiger partial charge in [-0.25, -0.2) is 0 Å². The van der Waals surface area contributed by atoms with Crippen LogP contribution in [0.15, 0.2) is 24.3 Å². The van der Waals surface area contributed by atoms with Crippen LogP contribution in [0, 0.1) is 23.0 Å². The van der Waals surface area contributed by atoms with Gasteiger partial charge in [0.15, 0.2) is 5.82 Å². The summed E-state index contributed by atoms with van der Waals surface area (Å²) in [4.78, 5) is 24.4. The van der Waals surface area contributed by atoms with Crippen LogP contribution in [-0.4, -0.2) is 34.1 Å². The van der Waals surface area contributed by atoms with E-state index in [0.717, 1.165) is 17.8 Å². The second kappa shape index (κ2) is 7.49. The lowest BCUT2D eigenvalue weighted by molar-refractivity contribution is -0.384. The number of hydrogen-bond acceptors (Lipinski definition) is 5. The summed E-state index contributed by atoms with van der Waals surface area (Å²) in [5, 5.41) is 20.6. The van der Waals surface area contributed by atoms with E-state index in [4.69, 9.17) is 0 Å².